The Hall–Kier alpha value is -3.03. The number of rotatable bonds is 7. The van der Waals surface area contributed by atoms with Gasteiger partial charge in [0.05, 0.1) is 22.5 Å². The zero-order valence-corrected chi connectivity index (χ0v) is 14.9. The Morgan fingerprint density at radius 1 is 1.19 bits per heavy atom. The number of aldehydes is 1. The summed E-state index contributed by atoms with van der Waals surface area (Å²) in [6, 6.07) is 9.16. The highest BCUT2D eigenvalue weighted by atomic mass is 19.4. The molecule has 2 rings (SSSR count). The summed E-state index contributed by atoms with van der Waals surface area (Å²) in [7, 11) is 1.68. The van der Waals surface area contributed by atoms with Crippen molar-refractivity contribution in [1.82, 2.24) is 0 Å². The first-order valence-corrected chi connectivity index (χ1v) is 8.25. The van der Waals surface area contributed by atoms with Crippen molar-refractivity contribution < 1.29 is 22.8 Å². The highest BCUT2D eigenvalue weighted by Crippen LogP contribution is 2.31. The number of hydrogen-bond donors (Lipinski definition) is 3. The number of alkyl halides is 3. The maximum Gasteiger partial charge on any atom is 0.416 e. The van der Waals surface area contributed by atoms with Crippen LogP contribution in [0.2, 0.25) is 0 Å². The summed E-state index contributed by atoms with van der Waals surface area (Å²) >= 11 is 0. The van der Waals surface area contributed by atoms with Gasteiger partial charge in [-0.2, -0.15) is 13.2 Å². The van der Waals surface area contributed by atoms with Gasteiger partial charge in [-0.1, -0.05) is 12.1 Å². The fraction of sp³-hybridized carbons (Fsp3) is 0.263. The zero-order chi connectivity index (χ0) is 20.0. The molecule has 0 radical (unpaired) electrons. The summed E-state index contributed by atoms with van der Waals surface area (Å²) in [5.74, 6) is -0.563. The molecule has 0 saturated heterocycles. The number of nitrogens with one attached hydrogen (secondary N) is 3. The number of para-hydroxylation sites is 1. The van der Waals surface area contributed by atoms with Gasteiger partial charge < -0.3 is 20.7 Å². The van der Waals surface area contributed by atoms with Crippen molar-refractivity contribution in [3.63, 3.8) is 0 Å². The Balaban J connectivity index is 2.32. The van der Waals surface area contributed by atoms with Gasteiger partial charge in [0.1, 0.15) is 6.29 Å². The van der Waals surface area contributed by atoms with E-state index in [0.29, 0.717) is 11.4 Å². The van der Waals surface area contributed by atoms with Gasteiger partial charge in [0.2, 0.25) is 0 Å². The quantitative estimate of drug-likeness (QED) is 0.624. The fourth-order valence-electron chi connectivity index (χ4n) is 2.53. The summed E-state index contributed by atoms with van der Waals surface area (Å²) in [6.07, 6.45) is -3.49. The number of hydrogen-bond acceptors (Lipinski definition) is 4. The SMILES string of the molecule is CNc1cccc(C(=O)Nc2cccc(C(F)(F)F)c2)c1NC(C)CC=O. The molecule has 8 heteroatoms. The van der Waals surface area contributed by atoms with Gasteiger partial charge in [0.15, 0.2) is 0 Å². The van der Waals surface area contributed by atoms with Crippen molar-refractivity contribution >= 4 is 29.3 Å². The molecule has 1 amide bonds. The molecule has 0 aromatic heterocycles. The standard InChI is InChI=1S/C19H20F3N3O2/c1-12(9-10-26)24-17-15(7-4-8-16(17)23-2)18(27)25-14-6-3-5-13(11-14)19(20,21)22/h3-8,10-12,23-24H,9H2,1-2H3,(H,25,27). The van der Waals surface area contributed by atoms with Crippen LogP contribution in [-0.4, -0.2) is 25.3 Å². The molecule has 144 valence electrons. The van der Waals surface area contributed by atoms with Gasteiger partial charge in [-0.15, -0.1) is 0 Å². The van der Waals surface area contributed by atoms with E-state index < -0.39 is 17.6 Å². The van der Waals surface area contributed by atoms with E-state index in [4.69, 9.17) is 0 Å². The van der Waals surface area contributed by atoms with E-state index in [2.05, 4.69) is 16.0 Å². The Bertz CT molecular complexity index is 822. The van der Waals surface area contributed by atoms with Crippen LogP contribution in [0, 0.1) is 0 Å². The zero-order valence-electron chi connectivity index (χ0n) is 14.9. The van der Waals surface area contributed by atoms with E-state index in [1.807, 2.05) is 0 Å². The summed E-state index contributed by atoms with van der Waals surface area (Å²) in [6.45, 7) is 1.79. The van der Waals surface area contributed by atoms with Crippen LogP contribution in [-0.2, 0) is 11.0 Å². The van der Waals surface area contributed by atoms with Crippen LogP contribution >= 0.6 is 0 Å². The number of carbonyl (C=O) groups excluding carboxylic acids is 2. The maximum absolute atomic E-state index is 12.8. The highest BCUT2D eigenvalue weighted by Gasteiger charge is 2.30. The van der Waals surface area contributed by atoms with Crippen molar-refractivity contribution in [3.05, 3.63) is 53.6 Å². The van der Waals surface area contributed by atoms with Crippen LogP contribution in [0.3, 0.4) is 0 Å². The summed E-state index contributed by atoms with van der Waals surface area (Å²) in [4.78, 5) is 23.4. The molecule has 2 aromatic carbocycles. The van der Waals surface area contributed by atoms with Crippen LogP contribution in [0.1, 0.15) is 29.3 Å². The summed E-state index contributed by atoms with van der Waals surface area (Å²) in [5, 5.41) is 8.54. The third kappa shape index (κ3) is 5.22. The minimum atomic E-state index is -4.50. The molecule has 0 aliphatic heterocycles. The van der Waals surface area contributed by atoms with E-state index in [0.717, 1.165) is 18.4 Å². The fourth-order valence-corrected chi connectivity index (χ4v) is 2.53. The number of anilines is 3. The number of amides is 1. The molecular formula is C19H20F3N3O2. The van der Waals surface area contributed by atoms with Crippen LogP contribution in [0.25, 0.3) is 0 Å². The lowest BCUT2D eigenvalue weighted by Gasteiger charge is -2.20. The smallest absolute Gasteiger partial charge is 0.386 e. The van der Waals surface area contributed by atoms with Crippen LogP contribution < -0.4 is 16.0 Å². The van der Waals surface area contributed by atoms with Gasteiger partial charge in [0, 0.05) is 25.2 Å². The van der Waals surface area contributed by atoms with Crippen LogP contribution in [0.5, 0.6) is 0 Å². The molecule has 0 heterocycles. The van der Waals surface area contributed by atoms with E-state index in [1.54, 1.807) is 32.2 Å². The highest BCUT2D eigenvalue weighted by molar-refractivity contribution is 6.09. The van der Waals surface area contributed by atoms with Gasteiger partial charge >= 0.3 is 6.18 Å². The topological polar surface area (TPSA) is 70.2 Å². The number of halogens is 3. The first-order chi connectivity index (χ1) is 12.8. The number of carbonyl (C=O) groups is 2. The summed E-state index contributed by atoms with van der Waals surface area (Å²) in [5.41, 5.74) is 0.541. The minimum absolute atomic E-state index is 0.0385. The second-order valence-corrected chi connectivity index (χ2v) is 5.96. The van der Waals surface area contributed by atoms with Gasteiger partial charge in [-0.3, -0.25) is 4.79 Å². The third-order valence-corrected chi connectivity index (χ3v) is 3.87. The van der Waals surface area contributed by atoms with Crippen molar-refractivity contribution in [1.29, 1.82) is 0 Å². The van der Waals surface area contributed by atoms with E-state index >= 15 is 0 Å². The minimum Gasteiger partial charge on any atom is -0.386 e. The second kappa shape index (κ2) is 8.57. The molecule has 5 nitrogen and oxygen atoms in total. The van der Waals surface area contributed by atoms with Crippen molar-refractivity contribution in [2.24, 2.45) is 0 Å². The monoisotopic (exact) mass is 379 g/mol. The Morgan fingerprint density at radius 2 is 1.89 bits per heavy atom. The predicted molar refractivity (Wildman–Crippen MR) is 99.2 cm³/mol. The molecule has 0 aliphatic rings. The molecule has 0 aliphatic carbocycles. The molecule has 0 fully saturated rings. The predicted octanol–water partition coefficient (Wildman–Crippen LogP) is 4.39. The lowest BCUT2D eigenvalue weighted by atomic mass is 10.1. The molecule has 1 atom stereocenters. The third-order valence-electron chi connectivity index (χ3n) is 3.87. The second-order valence-electron chi connectivity index (χ2n) is 5.96. The Labute approximate surface area is 155 Å². The van der Waals surface area contributed by atoms with Gasteiger partial charge in [-0.25, -0.2) is 0 Å². The molecule has 0 bridgehead atoms. The van der Waals surface area contributed by atoms with Crippen molar-refractivity contribution in [2.75, 3.05) is 23.0 Å². The molecule has 1 unspecified atom stereocenters. The lowest BCUT2D eigenvalue weighted by Crippen LogP contribution is -2.21. The van der Waals surface area contributed by atoms with Crippen LogP contribution in [0.4, 0.5) is 30.2 Å². The molecule has 3 N–H and O–H groups in total. The first-order valence-electron chi connectivity index (χ1n) is 8.25. The average Bonchev–Trinajstić information content (AvgIpc) is 2.61. The first kappa shape index (κ1) is 20.3. The Morgan fingerprint density at radius 3 is 2.52 bits per heavy atom. The van der Waals surface area contributed by atoms with E-state index in [9.17, 15) is 22.8 Å². The maximum atomic E-state index is 12.8. The largest absolute Gasteiger partial charge is 0.416 e. The summed E-state index contributed by atoms with van der Waals surface area (Å²) < 4.78 is 38.5. The van der Waals surface area contributed by atoms with Crippen molar-refractivity contribution in [3.8, 4) is 0 Å². The normalized spacial score (nSPS) is 12.2. The van der Waals surface area contributed by atoms with E-state index in [1.165, 1.54) is 12.1 Å². The molecule has 0 saturated carbocycles. The van der Waals surface area contributed by atoms with Crippen molar-refractivity contribution in [2.45, 2.75) is 25.6 Å². The van der Waals surface area contributed by atoms with Crippen LogP contribution in [0.15, 0.2) is 42.5 Å². The molecular weight excluding hydrogens is 359 g/mol. The molecule has 27 heavy (non-hydrogen) atoms. The molecule has 0 spiro atoms. The van der Waals surface area contributed by atoms with Gasteiger partial charge in [0.25, 0.3) is 5.91 Å². The molecule has 2 aromatic rings. The van der Waals surface area contributed by atoms with E-state index in [-0.39, 0.29) is 23.7 Å². The van der Waals surface area contributed by atoms with Gasteiger partial charge in [-0.05, 0) is 37.3 Å². The average molecular weight is 379 g/mol. The lowest BCUT2D eigenvalue weighted by molar-refractivity contribution is -0.137. The Kier molecular flexibility index (Phi) is 6.44. The number of benzene rings is 2.